The van der Waals surface area contributed by atoms with Gasteiger partial charge in [-0.2, -0.15) is 0 Å². The second-order valence-electron chi connectivity index (χ2n) is 5.98. The van der Waals surface area contributed by atoms with Crippen LogP contribution in [0.4, 0.5) is 5.69 Å². The van der Waals surface area contributed by atoms with Gasteiger partial charge in [0.2, 0.25) is 5.91 Å². The van der Waals surface area contributed by atoms with E-state index >= 15 is 0 Å². The molecule has 0 heterocycles. The molecule has 0 aliphatic carbocycles. The van der Waals surface area contributed by atoms with E-state index in [1.807, 2.05) is 0 Å². The zero-order valence-corrected chi connectivity index (χ0v) is 14.1. The van der Waals surface area contributed by atoms with Crippen LogP contribution in [0.1, 0.15) is 81.5 Å². The average Bonchev–Trinajstić information content (AvgIpc) is 2.53. The minimum atomic E-state index is -1.02. The lowest BCUT2D eigenvalue weighted by Gasteiger charge is -2.08. The predicted octanol–water partition coefficient (Wildman–Crippen LogP) is 5.24. The summed E-state index contributed by atoms with van der Waals surface area (Å²) >= 11 is 0. The molecule has 0 unspecified atom stereocenters. The van der Waals surface area contributed by atoms with Gasteiger partial charge in [0.15, 0.2) is 0 Å². The number of carbonyl (C=O) groups excluding carboxylic acids is 1. The molecule has 1 rings (SSSR count). The molecule has 1 aromatic rings. The summed E-state index contributed by atoms with van der Waals surface area (Å²) < 4.78 is 0. The molecule has 4 nitrogen and oxygen atoms in total. The van der Waals surface area contributed by atoms with E-state index in [0.717, 1.165) is 12.8 Å². The molecule has 0 bridgehead atoms. The van der Waals surface area contributed by atoms with E-state index in [9.17, 15) is 9.59 Å². The molecule has 0 fully saturated rings. The summed E-state index contributed by atoms with van der Waals surface area (Å²) in [6, 6.07) is 6.49. The lowest BCUT2D eigenvalue weighted by molar-refractivity contribution is -0.116. The first-order chi connectivity index (χ1) is 11.1. The number of amides is 1. The smallest absolute Gasteiger partial charge is 0.337 e. The van der Waals surface area contributed by atoms with Crippen molar-refractivity contribution in [3.05, 3.63) is 29.8 Å². The number of carboxylic acids is 1. The molecule has 2 N–H and O–H groups in total. The van der Waals surface area contributed by atoms with Gasteiger partial charge in [-0.3, -0.25) is 4.79 Å². The monoisotopic (exact) mass is 319 g/mol. The molecular formula is C19H29NO3. The van der Waals surface area contributed by atoms with E-state index in [2.05, 4.69) is 12.2 Å². The number of rotatable bonds is 12. The number of carbonyl (C=O) groups is 2. The summed E-state index contributed by atoms with van der Waals surface area (Å²) in [6.07, 6.45) is 11.3. The quantitative estimate of drug-likeness (QED) is 0.517. The fourth-order valence-electron chi connectivity index (χ4n) is 2.59. The Labute approximate surface area is 139 Å². The fourth-order valence-corrected chi connectivity index (χ4v) is 2.59. The molecule has 4 heteroatoms. The van der Waals surface area contributed by atoms with Crippen LogP contribution in [-0.2, 0) is 4.79 Å². The molecule has 128 valence electrons. The lowest BCUT2D eigenvalue weighted by atomic mass is 10.1. The molecule has 0 radical (unpaired) electrons. The average molecular weight is 319 g/mol. The topological polar surface area (TPSA) is 66.4 Å². The van der Waals surface area contributed by atoms with Crippen LogP contribution in [0.3, 0.4) is 0 Å². The Kier molecular flexibility index (Phi) is 9.76. The van der Waals surface area contributed by atoms with Gasteiger partial charge >= 0.3 is 5.97 Å². The van der Waals surface area contributed by atoms with Crippen molar-refractivity contribution in [2.75, 3.05) is 5.32 Å². The number of benzene rings is 1. The molecule has 0 spiro atoms. The molecule has 1 aromatic carbocycles. The fraction of sp³-hybridized carbons (Fsp3) is 0.579. The van der Waals surface area contributed by atoms with Gasteiger partial charge < -0.3 is 10.4 Å². The number of carboxylic acid groups (broad SMARTS) is 1. The number of nitrogens with one attached hydrogen (secondary N) is 1. The molecule has 0 aliphatic heterocycles. The van der Waals surface area contributed by atoms with Crippen LogP contribution < -0.4 is 5.32 Å². The molecule has 0 atom stereocenters. The van der Waals surface area contributed by atoms with Crippen molar-refractivity contribution in [1.82, 2.24) is 0 Å². The Balaban J connectivity index is 2.15. The standard InChI is InChI=1S/C19H29NO3/c1-2-3-4-5-6-7-8-9-10-15-18(21)20-17-14-12-11-13-16(17)19(22)23/h11-14H,2-10,15H2,1H3,(H,20,21)(H,22,23). The largest absolute Gasteiger partial charge is 0.478 e. The van der Waals surface area contributed by atoms with Crippen molar-refractivity contribution in [2.45, 2.75) is 71.1 Å². The first-order valence-corrected chi connectivity index (χ1v) is 8.77. The van der Waals surface area contributed by atoms with Crippen molar-refractivity contribution >= 4 is 17.6 Å². The van der Waals surface area contributed by atoms with Gasteiger partial charge in [-0.15, -0.1) is 0 Å². The third kappa shape index (κ3) is 8.38. The Hall–Kier alpha value is -1.84. The van der Waals surface area contributed by atoms with E-state index in [-0.39, 0.29) is 11.5 Å². The van der Waals surface area contributed by atoms with Gasteiger partial charge in [0.1, 0.15) is 0 Å². The zero-order valence-electron chi connectivity index (χ0n) is 14.1. The van der Waals surface area contributed by atoms with Gasteiger partial charge in [-0.1, -0.05) is 70.4 Å². The van der Waals surface area contributed by atoms with Gasteiger partial charge in [-0.25, -0.2) is 4.79 Å². The number of hydrogen-bond acceptors (Lipinski definition) is 2. The Bertz CT molecular complexity index is 485. The van der Waals surface area contributed by atoms with Gasteiger partial charge in [0.25, 0.3) is 0 Å². The van der Waals surface area contributed by atoms with Gasteiger partial charge in [0.05, 0.1) is 11.3 Å². The van der Waals surface area contributed by atoms with Crippen molar-refractivity contribution < 1.29 is 14.7 Å². The van der Waals surface area contributed by atoms with Crippen molar-refractivity contribution in [3.63, 3.8) is 0 Å². The van der Waals surface area contributed by atoms with Crippen LogP contribution in [0, 0.1) is 0 Å². The predicted molar refractivity (Wildman–Crippen MR) is 93.9 cm³/mol. The van der Waals surface area contributed by atoms with Crippen LogP contribution in [0.15, 0.2) is 24.3 Å². The highest BCUT2D eigenvalue weighted by Gasteiger charge is 2.11. The molecule has 23 heavy (non-hydrogen) atoms. The Morgan fingerprint density at radius 1 is 0.913 bits per heavy atom. The molecule has 0 aromatic heterocycles. The summed E-state index contributed by atoms with van der Waals surface area (Å²) in [4.78, 5) is 23.0. The molecule has 0 saturated heterocycles. The van der Waals surface area contributed by atoms with Crippen LogP contribution in [0.2, 0.25) is 0 Å². The van der Waals surface area contributed by atoms with Crippen LogP contribution in [0.5, 0.6) is 0 Å². The first-order valence-electron chi connectivity index (χ1n) is 8.77. The summed E-state index contributed by atoms with van der Waals surface area (Å²) in [7, 11) is 0. The second kappa shape index (κ2) is 11.7. The van der Waals surface area contributed by atoms with E-state index in [0.29, 0.717) is 12.1 Å². The highest BCUT2D eigenvalue weighted by molar-refractivity contribution is 6.00. The minimum absolute atomic E-state index is 0.110. The van der Waals surface area contributed by atoms with Gasteiger partial charge in [-0.05, 0) is 18.6 Å². The maximum Gasteiger partial charge on any atom is 0.337 e. The van der Waals surface area contributed by atoms with E-state index in [4.69, 9.17) is 5.11 Å². The van der Waals surface area contributed by atoms with Crippen LogP contribution in [-0.4, -0.2) is 17.0 Å². The number of hydrogen-bond donors (Lipinski definition) is 2. The maximum absolute atomic E-state index is 11.9. The third-order valence-electron chi connectivity index (χ3n) is 3.94. The highest BCUT2D eigenvalue weighted by Crippen LogP contribution is 2.16. The minimum Gasteiger partial charge on any atom is -0.478 e. The normalized spacial score (nSPS) is 10.5. The van der Waals surface area contributed by atoms with Crippen LogP contribution in [0.25, 0.3) is 0 Å². The second-order valence-corrected chi connectivity index (χ2v) is 5.98. The Morgan fingerprint density at radius 2 is 1.48 bits per heavy atom. The third-order valence-corrected chi connectivity index (χ3v) is 3.94. The van der Waals surface area contributed by atoms with Crippen molar-refractivity contribution in [2.24, 2.45) is 0 Å². The molecular weight excluding hydrogens is 290 g/mol. The molecule has 0 saturated carbocycles. The van der Waals surface area contributed by atoms with Crippen molar-refractivity contribution in [1.29, 1.82) is 0 Å². The number of unbranched alkanes of at least 4 members (excludes halogenated alkanes) is 8. The SMILES string of the molecule is CCCCCCCCCCCC(=O)Nc1ccccc1C(=O)O. The van der Waals surface area contributed by atoms with Crippen LogP contribution >= 0.6 is 0 Å². The van der Waals surface area contributed by atoms with Crippen molar-refractivity contribution in [3.8, 4) is 0 Å². The first kappa shape index (κ1) is 19.2. The van der Waals surface area contributed by atoms with E-state index < -0.39 is 5.97 Å². The Morgan fingerprint density at radius 3 is 2.09 bits per heavy atom. The summed E-state index contributed by atoms with van der Waals surface area (Å²) in [5, 5.41) is 11.8. The maximum atomic E-state index is 11.9. The number of aromatic carboxylic acids is 1. The summed E-state index contributed by atoms with van der Waals surface area (Å²) in [5.41, 5.74) is 0.508. The zero-order chi connectivity index (χ0) is 16.9. The van der Waals surface area contributed by atoms with E-state index in [1.165, 1.54) is 51.0 Å². The van der Waals surface area contributed by atoms with E-state index in [1.54, 1.807) is 18.2 Å². The lowest BCUT2D eigenvalue weighted by Crippen LogP contribution is -2.14. The number of para-hydroxylation sites is 1. The summed E-state index contributed by atoms with van der Waals surface area (Å²) in [5.74, 6) is -1.13. The van der Waals surface area contributed by atoms with Gasteiger partial charge in [0, 0.05) is 6.42 Å². The summed E-state index contributed by atoms with van der Waals surface area (Å²) in [6.45, 7) is 2.22. The number of anilines is 1. The molecule has 1 amide bonds. The highest BCUT2D eigenvalue weighted by atomic mass is 16.4. The molecule has 0 aliphatic rings.